The number of amides is 1. The van der Waals surface area contributed by atoms with Crippen LogP contribution in [-0.4, -0.2) is 51.5 Å². The molecule has 0 unspecified atom stereocenters. The lowest BCUT2D eigenvalue weighted by atomic mass is 10.1. The quantitative estimate of drug-likeness (QED) is 0.140. The van der Waals surface area contributed by atoms with E-state index in [-0.39, 0.29) is 6.09 Å². The standard InChI is InChI=1S/C15H27NO2.C10H18O3S.C2H6/c1-6-7-8-9-10-11-12-13-16(5)14(17)18-15(2,3)4;1-3-4-5-6-7-8-9-10-13-14(2,11)12;1-2/h1H,7-13H2,2-5H3;1H,4-10H2,2H3;1-2H3. The Balaban J connectivity index is -0.000000541. The van der Waals surface area contributed by atoms with Gasteiger partial charge < -0.3 is 9.64 Å². The van der Waals surface area contributed by atoms with Gasteiger partial charge in [-0.1, -0.05) is 52.4 Å². The van der Waals surface area contributed by atoms with Crippen molar-refractivity contribution in [1.29, 1.82) is 0 Å². The van der Waals surface area contributed by atoms with Crippen molar-refractivity contribution in [2.45, 2.75) is 117 Å². The smallest absolute Gasteiger partial charge is 0.410 e. The highest BCUT2D eigenvalue weighted by Gasteiger charge is 2.18. The molecule has 0 rings (SSSR count). The van der Waals surface area contributed by atoms with Crippen molar-refractivity contribution in [1.82, 2.24) is 4.90 Å². The van der Waals surface area contributed by atoms with E-state index in [1.807, 2.05) is 34.6 Å². The number of terminal acetylenes is 2. The maximum atomic E-state index is 11.6. The van der Waals surface area contributed by atoms with Crippen LogP contribution in [0.4, 0.5) is 4.79 Å². The average molecular weight is 502 g/mol. The van der Waals surface area contributed by atoms with E-state index in [1.165, 1.54) is 12.8 Å². The van der Waals surface area contributed by atoms with E-state index in [0.29, 0.717) is 6.61 Å². The summed E-state index contributed by atoms with van der Waals surface area (Å²) in [5.74, 6) is 5.23. The van der Waals surface area contributed by atoms with Crippen molar-refractivity contribution in [3.63, 3.8) is 0 Å². The van der Waals surface area contributed by atoms with Gasteiger partial charge in [-0.25, -0.2) is 4.79 Å². The first-order chi connectivity index (χ1) is 15.9. The normalized spacial score (nSPS) is 10.5. The molecular formula is C27H51NO5S. The fourth-order valence-electron chi connectivity index (χ4n) is 2.61. The Morgan fingerprint density at radius 1 is 0.824 bits per heavy atom. The van der Waals surface area contributed by atoms with Crippen LogP contribution in [0.25, 0.3) is 0 Å². The number of hydrogen-bond donors (Lipinski definition) is 0. The van der Waals surface area contributed by atoms with Crippen molar-refractivity contribution < 1.29 is 22.1 Å². The molecule has 0 radical (unpaired) electrons. The van der Waals surface area contributed by atoms with Gasteiger partial charge in [-0.05, 0) is 46.5 Å². The molecule has 0 bridgehead atoms. The summed E-state index contributed by atoms with van der Waals surface area (Å²) in [7, 11) is -1.47. The van der Waals surface area contributed by atoms with E-state index in [0.717, 1.165) is 77.0 Å². The van der Waals surface area contributed by atoms with Crippen LogP contribution in [0.15, 0.2) is 0 Å². The second-order valence-corrected chi connectivity index (χ2v) is 10.5. The van der Waals surface area contributed by atoms with Gasteiger partial charge in [0.1, 0.15) is 5.60 Å². The Morgan fingerprint density at radius 3 is 1.65 bits per heavy atom. The molecule has 0 aromatic carbocycles. The first-order valence-corrected chi connectivity index (χ1v) is 14.4. The molecule has 0 aromatic rings. The minimum atomic E-state index is -3.25. The van der Waals surface area contributed by atoms with E-state index < -0.39 is 15.7 Å². The van der Waals surface area contributed by atoms with E-state index in [4.69, 9.17) is 17.6 Å². The van der Waals surface area contributed by atoms with Crippen LogP contribution in [-0.2, 0) is 19.0 Å². The summed E-state index contributed by atoms with van der Waals surface area (Å²) in [6, 6.07) is 0. The summed E-state index contributed by atoms with van der Waals surface area (Å²) in [6.07, 6.45) is 23.5. The molecule has 6 nitrogen and oxygen atoms in total. The maximum absolute atomic E-state index is 11.6. The van der Waals surface area contributed by atoms with Crippen LogP contribution < -0.4 is 0 Å². The number of nitrogens with zero attached hydrogens (tertiary/aromatic N) is 1. The Labute approximate surface area is 211 Å². The highest BCUT2D eigenvalue weighted by Crippen LogP contribution is 2.10. The Kier molecular flexibility index (Phi) is 26.5. The van der Waals surface area contributed by atoms with Gasteiger partial charge in [-0.2, -0.15) is 8.42 Å². The van der Waals surface area contributed by atoms with E-state index >= 15 is 0 Å². The van der Waals surface area contributed by atoms with Gasteiger partial charge in [0.2, 0.25) is 0 Å². The predicted octanol–water partition coefficient (Wildman–Crippen LogP) is 6.79. The summed E-state index contributed by atoms with van der Waals surface area (Å²) in [5.41, 5.74) is -0.416. The van der Waals surface area contributed by atoms with Crippen LogP contribution in [0.5, 0.6) is 0 Å². The van der Waals surface area contributed by atoms with E-state index in [1.54, 1.807) is 11.9 Å². The minimum Gasteiger partial charge on any atom is -0.444 e. The largest absolute Gasteiger partial charge is 0.444 e. The van der Waals surface area contributed by atoms with Gasteiger partial charge in [0, 0.05) is 26.4 Å². The summed E-state index contributed by atoms with van der Waals surface area (Å²) in [6.45, 7) is 10.7. The zero-order valence-corrected chi connectivity index (χ0v) is 23.8. The Bertz CT molecular complexity index is 654. The molecule has 0 atom stereocenters. The topological polar surface area (TPSA) is 72.9 Å². The van der Waals surface area contributed by atoms with Gasteiger partial charge in [0.15, 0.2) is 0 Å². The zero-order chi connectivity index (χ0) is 26.9. The van der Waals surface area contributed by atoms with Gasteiger partial charge in [-0.3, -0.25) is 4.18 Å². The summed E-state index contributed by atoms with van der Waals surface area (Å²) >= 11 is 0. The number of hydrogen-bond acceptors (Lipinski definition) is 5. The van der Waals surface area contributed by atoms with E-state index in [2.05, 4.69) is 16.0 Å². The van der Waals surface area contributed by atoms with Gasteiger partial charge in [-0.15, -0.1) is 24.7 Å². The highest BCUT2D eigenvalue weighted by molar-refractivity contribution is 7.85. The van der Waals surface area contributed by atoms with Gasteiger partial charge >= 0.3 is 6.09 Å². The molecule has 0 heterocycles. The molecule has 0 saturated heterocycles. The van der Waals surface area contributed by atoms with Crippen LogP contribution >= 0.6 is 0 Å². The summed E-state index contributed by atoms with van der Waals surface area (Å²) in [4.78, 5) is 13.3. The lowest BCUT2D eigenvalue weighted by molar-refractivity contribution is 0.0296. The monoisotopic (exact) mass is 501 g/mol. The number of carbonyl (C=O) groups is 1. The fraction of sp³-hybridized carbons (Fsp3) is 0.815. The van der Waals surface area contributed by atoms with Crippen molar-refractivity contribution in [3.8, 4) is 24.7 Å². The van der Waals surface area contributed by atoms with Crippen LogP contribution in [0.1, 0.15) is 112 Å². The van der Waals surface area contributed by atoms with Crippen LogP contribution in [0.3, 0.4) is 0 Å². The molecule has 0 aliphatic rings. The van der Waals surface area contributed by atoms with Crippen molar-refractivity contribution in [2.75, 3.05) is 26.5 Å². The molecule has 0 fully saturated rings. The third-order valence-corrected chi connectivity index (χ3v) is 4.88. The fourth-order valence-corrected chi connectivity index (χ4v) is 3.03. The molecular weight excluding hydrogens is 450 g/mol. The third kappa shape index (κ3) is 34.9. The second kappa shape index (κ2) is 24.4. The predicted molar refractivity (Wildman–Crippen MR) is 144 cm³/mol. The maximum Gasteiger partial charge on any atom is 0.410 e. The Morgan fingerprint density at radius 2 is 1.24 bits per heavy atom. The Hall–Kier alpha value is -1.70. The number of rotatable bonds is 15. The number of carbonyl (C=O) groups excluding carboxylic acids is 1. The molecule has 0 saturated carbocycles. The molecule has 1 amide bonds. The lowest BCUT2D eigenvalue weighted by Gasteiger charge is -2.24. The SMILES string of the molecule is C#CCCCCCCCN(C)C(=O)OC(C)(C)C.C#CCCCCCCCOS(C)(=O)=O.CC. The number of unbranched alkanes of at least 4 members (excludes halogenated alkanes) is 10. The molecule has 0 spiro atoms. The molecule has 200 valence electrons. The molecule has 0 aliphatic carbocycles. The average Bonchev–Trinajstić information content (AvgIpc) is 2.75. The highest BCUT2D eigenvalue weighted by atomic mass is 32.2. The second-order valence-electron chi connectivity index (χ2n) is 8.87. The molecule has 34 heavy (non-hydrogen) atoms. The molecule has 7 heteroatoms. The lowest BCUT2D eigenvalue weighted by Crippen LogP contribution is -2.34. The summed E-state index contributed by atoms with van der Waals surface area (Å²) < 4.78 is 31.0. The van der Waals surface area contributed by atoms with Crippen molar-refractivity contribution in [2.24, 2.45) is 0 Å². The summed E-state index contributed by atoms with van der Waals surface area (Å²) in [5, 5.41) is 0. The zero-order valence-electron chi connectivity index (χ0n) is 23.0. The molecule has 0 aromatic heterocycles. The van der Waals surface area contributed by atoms with Crippen molar-refractivity contribution >= 4 is 16.2 Å². The molecule has 0 aliphatic heterocycles. The number of ether oxygens (including phenoxy) is 1. The first kappa shape index (κ1) is 36.9. The first-order valence-electron chi connectivity index (χ1n) is 12.6. The van der Waals surface area contributed by atoms with E-state index in [9.17, 15) is 13.2 Å². The van der Waals surface area contributed by atoms with Gasteiger partial charge in [0.25, 0.3) is 10.1 Å². The van der Waals surface area contributed by atoms with Crippen LogP contribution in [0.2, 0.25) is 0 Å². The third-order valence-electron chi connectivity index (χ3n) is 4.28. The van der Waals surface area contributed by atoms with Crippen molar-refractivity contribution in [3.05, 3.63) is 0 Å². The molecule has 0 N–H and O–H groups in total. The van der Waals surface area contributed by atoms with Gasteiger partial charge in [0.05, 0.1) is 12.9 Å². The van der Waals surface area contributed by atoms with Crippen LogP contribution in [0, 0.1) is 24.7 Å². The minimum absolute atomic E-state index is 0.241.